The van der Waals surface area contributed by atoms with Crippen LogP contribution in [0.1, 0.15) is 28.7 Å². The molecule has 2 unspecified atom stereocenters. The van der Waals surface area contributed by atoms with Gasteiger partial charge in [0.05, 0.1) is 7.11 Å². The number of amides is 1. The average molecular weight is 420 g/mol. The number of aromatic nitrogens is 1. The third-order valence-electron chi connectivity index (χ3n) is 5.51. The first kappa shape index (κ1) is 20.8. The number of nitrogens with one attached hydrogen (secondary N) is 1. The van der Waals surface area contributed by atoms with Gasteiger partial charge >= 0.3 is 6.09 Å². The first-order chi connectivity index (χ1) is 15.1. The Hall–Kier alpha value is -3.42. The average Bonchev–Trinajstić information content (AvgIpc) is 3.14. The summed E-state index contributed by atoms with van der Waals surface area (Å²) in [4.78, 5) is 16.2. The summed E-state index contributed by atoms with van der Waals surface area (Å²) in [5.41, 5.74) is 4.88. The molecule has 0 aliphatic heterocycles. The van der Waals surface area contributed by atoms with Crippen LogP contribution in [-0.4, -0.2) is 47.7 Å². The minimum absolute atomic E-state index is 0.0479. The molecule has 3 aromatic rings. The van der Waals surface area contributed by atoms with E-state index in [2.05, 4.69) is 22.4 Å². The van der Waals surface area contributed by atoms with Gasteiger partial charge in [-0.2, -0.15) is 0 Å². The molecule has 1 heterocycles. The molecule has 0 spiro atoms. The lowest BCUT2D eigenvalue weighted by atomic mass is 9.98. The molecule has 2 aromatic carbocycles. The SMILES string of the molecule is COc1ccncc1C(O)C(O)CNC(=O)OCC1c2ccccc2-c2ccccc21. The van der Waals surface area contributed by atoms with E-state index in [1.54, 1.807) is 6.07 Å². The minimum Gasteiger partial charge on any atom is -0.496 e. The number of alkyl carbamates (subject to hydrolysis) is 1. The van der Waals surface area contributed by atoms with Crippen molar-refractivity contribution < 1.29 is 24.5 Å². The van der Waals surface area contributed by atoms with Gasteiger partial charge in [0, 0.05) is 30.4 Å². The Morgan fingerprint density at radius 1 is 1.06 bits per heavy atom. The van der Waals surface area contributed by atoms with E-state index in [0.29, 0.717) is 11.3 Å². The summed E-state index contributed by atoms with van der Waals surface area (Å²) in [5.74, 6) is 0.357. The Labute approximate surface area is 180 Å². The molecule has 0 saturated carbocycles. The number of hydrogen-bond donors (Lipinski definition) is 3. The second kappa shape index (κ2) is 9.16. The van der Waals surface area contributed by atoms with Crippen molar-refractivity contribution in [2.75, 3.05) is 20.3 Å². The van der Waals surface area contributed by atoms with Gasteiger partial charge in [0.15, 0.2) is 0 Å². The van der Waals surface area contributed by atoms with Crippen LogP contribution in [0.5, 0.6) is 5.75 Å². The summed E-state index contributed by atoms with van der Waals surface area (Å²) >= 11 is 0. The highest BCUT2D eigenvalue weighted by Gasteiger charge is 2.29. The minimum atomic E-state index is -1.27. The van der Waals surface area contributed by atoms with Crippen LogP contribution in [0.15, 0.2) is 67.0 Å². The zero-order valence-electron chi connectivity index (χ0n) is 17.1. The second-order valence-corrected chi connectivity index (χ2v) is 7.34. The maximum absolute atomic E-state index is 12.2. The van der Waals surface area contributed by atoms with Crippen LogP contribution in [-0.2, 0) is 4.74 Å². The number of hydrogen-bond acceptors (Lipinski definition) is 6. The van der Waals surface area contributed by atoms with Crippen molar-refractivity contribution in [3.05, 3.63) is 83.7 Å². The lowest BCUT2D eigenvalue weighted by Gasteiger charge is -2.20. The second-order valence-electron chi connectivity index (χ2n) is 7.34. The highest BCUT2D eigenvalue weighted by molar-refractivity contribution is 5.79. The molecular weight excluding hydrogens is 396 g/mol. The topological polar surface area (TPSA) is 101 Å². The zero-order valence-corrected chi connectivity index (χ0v) is 17.1. The first-order valence-corrected chi connectivity index (χ1v) is 10.0. The number of fused-ring (bicyclic) bond motifs is 3. The van der Waals surface area contributed by atoms with E-state index >= 15 is 0 Å². The third kappa shape index (κ3) is 4.23. The predicted molar refractivity (Wildman–Crippen MR) is 115 cm³/mol. The van der Waals surface area contributed by atoms with Crippen LogP contribution >= 0.6 is 0 Å². The van der Waals surface area contributed by atoms with Crippen molar-refractivity contribution >= 4 is 6.09 Å². The molecule has 3 N–H and O–H groups in total. The van der Waals surface area contributed by atoms with Crippen molar-refractivity contribution in [1.82, 2.24) is 10.3 Å². The Balaban J connectivity index is 1.35. The molecule has 7 heteroatoms. The fourth-order valence-electron chi connectivity index (χ4n) is 3.96. The lowest BCUT2D eigenvalue weighted by molar-refractivity contribution is 0.0170. The van der Waals surface area contributed by atoms with E-state index in [-0.39, 0.29) is 19.1 Å². The normalized spacial score (nSPS) is 14.3. The molecule has 160 valence electrons. The number of ether oxygens (including phenoxy) is 2. The van der Waals surface area contributed by atoms with Gasteiger partial charge in [-0.05, 0) is 28.3 Å². The number of pyridine rings is 1. The van der Waals surface area contributed by atoms with E-state index < -0.39 is 18.3 Å². The molecule has 0 radical (unpaired) electrons. The molecule has 31 heavy (non-hydrogen) atoms. The van der Waals surface area contributed by atoms with Crippen LogP contribution in [0.3, 0.4) is 0 Å². The summed E-state index contributed by atoms with van der Waals surface area (Å²) in [6, 6.07) is 17.8. The van der Waals surface area contributed by atoms with Crippen LogP contribution < -0.4 is 10.1 Å². The number of methoxy groups -OCH3 is 1. The van der Waals surface area contributed by atoms with E-state index in [9.17, 15) is 15.0 Å². The molecule has 2 atom stereocenters. The van der Waals surface area contributed by atoms with E-state index in [0.717, 1.165) is 22.3 Å². The molecule has 0 fully saturated rings. The van der Waals surface area contributed by atoms with Gasteiger partial charge in [-0.3, -0.25) is 4.98 Å². The van der Waals surface area contributed by atoms with Gasteiger partial charge in [-0.1, -0.05) is 48.5 Å². The number of carbonyl (C=O) groups is 1. The first-order valence-electron chi connectivity index (χ1n) is 10.0. The number of benzene rings is 2. The number of rotatable bonds is 7. The van der Waals surface area contributed by atoms with Crippen molar-refractivity contribution in [1.29, 1.82) is 0 Å². The summed E-state index contributed by atoms with van der Waals surface area (Å²) in [6.07, 6.45) is -0.237. The van der Waals surface area contributed by atoms with E-state index in [1.807, 2.05) is 36.4 Å². The molecule has 1 aromatic heterocycles. The molecular formula is C24H24N2O5. The van der Waals surface area contributed by atoms with E-state index in [4.69, 9.17) is 9.47 Å². The monoisotopic (exact) mass is 420 g/mol. The fourth-order valence-corrected chi connectivity index (χ4v) is 3.96. The van der Waals surface area contributed by atoms with Gasteiger partial charge in [-0.15, -0.1) is 0 Å². The summed E-state index contributed by atoms with van der Waals surface area (Å²) < 4.78 is 10.6. The van der Waals surface area contributed by atoms with Crippen molar-refractivity contribution in [3.8, 4) is 16.9 Å². The van der Waals surface area contributed by atoms with Gasteiger partial charge in [0.1, 0.15) is 24.6 Å². The molecule has 0 bridgehead atoms. The quantitative estimate of drug-likeness (QED) is 0.543. The van der Waals surface area contributed by atoms with Crippen molar-refractivity contribution in [3.63, 3.8) is 0 Å². The smallest absolute Gasteiger partial charge is 0.407 e. The molecule has 1 aliphatic carbocycles. The van der Waals surface area contributed by atoms with Gasteiger partial charge < -0.3 is 25.0 Å². The van der Waals surface area contributed by atoms with Gasteiger partial charge in [0.25, 0.3) is 0 Å². The standard InChI is InChI=1S/C24H24N2O5/c1-30-22-10-11-25-12-19(22)23(28)21(27)13-26-24(29)31-14-20-17-8-4-2-6-15(17)16-7-3-5-9-18(16)20/h2-12,20-21,23,27-28H,13-14H2,1H3,(H,26,29). The maximum Gasteiger partial charge on any atom is 0.407 e. The maximum atomic E-state index is 12.2. The number of aliphatic hydroxyl groups is 2. The number of nitrogens with zero attached hydrogens (tertiary/aromatic N) is 1. The summed E-state index contributed by atoms with van der Waals surface area (Å²) in [6.45, 7) is -0.00910. The van der Waals surface area contributed by atoms with E-state index in [1.165, 1.54) is 19.5 Å². The molecule has 1 amide bonds. The van der Waals surface area contributed by atoms with Crippen LogP contribution in [0.25, 0.3) is 11.1 Å². The number of aliphatic hydroxyl groups excluding tert-OH is 2. The molecule has 4 rings (SSSR count). The van der Waals surface area contributed by atoms with Crippen molar-refractivity contribution in [2.24, 2.45) is 0 Å². The van der Waals surface area contributed by atoms with Gasteiger partial charge in [0.2, 0.25) is 0 Å². The third-order valence-corrected chi connectivity index (χ3v) is 5.51. The van der Waals surface area contributed by atoms with Crippen molar-refractivity contribution in [2.45, 2.75) is 18.1 Å². The Kier molecular flexibility index (Phi) is 6.16. The predicted octanol–water partition coefficient (Wildman–Crippen LogP) is 3.02. The lowest BCUT2D eigenvalue weighted by Crippen LogP contribution is -2.36. The van der Waals surface area contributed by atoms with Gasteiger partial charge in [-0.25, -0.2) is 4.79 Å². The highest BCUT2D eigenvalue weighted by Crippen LogP contribution is 2.44. The number of carbonyl (C=O) groups excluding carboxylic acids is 1. The summed E-state index contributed by atoms with van der Waals surface area (Å²) in [5, 5.41) is 23.2. The van der Waals surface area contributed by atoms with Crippen LogP contribution in [0.2, 0.25) is 0 Å². The van der Waals surface area contributed by atoms with Crippen LogP contribution in [0.4, 0.5) is 4.79 Å². The molecule has 0 saturated heterocycles. The van der Waals surface area contributed by atoms with Crippen LogP contribution in [0, 0.1) is 0 Å². The Morgan fingerprint density at radius 2 is 1.71 bits per heavy atom. The Bertz CT molecular complexity index is 1030. The Morgan fingerprint density at radius 3 is 2.35 bits per heavy atom. The zero-order chi connectivity index (χ0) is 21.8. The molecule has 7 nitrogen and oxygen atoms in total. The summed E-state index contributed by atoms with van der Waals surface area (Å²) in [7, 11) is 1.47. The fraction of sp³-hybridized carbons (Fsp3) is 0.250. The highest BCUT2D eigenvalue weighted by atomic mass is 16.5. The molecule has 1 aliphatic rings. The largest absolute Gasteiger partial charge is 0.496 e.